The maximum absolute atomic E-state index is 12.1. The molecule has 0 unspecified atom stereocenters. The van der Waals surface area contributed by atoms with Gasteiger partial charge in [-0.2, -0.15) is 9.57 Å². The molecule has 0 radical (unpaired) electrons. The van der Waals surface area contributed by atoms with Crippen molar-refractivity contribution in [3.05, 3.63) is 29.8 Å². The van der Waals surface area contributed by atoms with Gasteiger partial charge in [-0.05, 0) is 17.7 Å². The van der Waals surface area contributed by atoms with Gasteiger partial charge in [-0.25, -0.2) is 8.42 Å². The van der Waals surface area contributed by atoms with E-state index in [1.54, 1.807) is 12.1 Å². The lowest BCUT2D eigenvalue weighted by Crippen LogP contribution is -2.51. The van der Waals surface area contributed by atoms with E-state index in [0.29, 0.717) is 13.1 Å². The van der Waals surface area contributed by atoms with E-state index in [0.717, 1.165) is 5.56 Å². The third kappa shape index (κ3) is 2.38. The second-order valence-corrected chi connectivity index (χ2v) is 6.29. The van der Waals surface area contributed by atoms with Gasteiger partial charge in [-0.15, -0.1) is 0 Å². The topological polar surface area (TPSA) is 81.4 Å². The van der Waals surface area contributed by atoms with Gasteiger partial charge in [0.2, 0.25) is 10.0 Å². The number of hydrogen-bond acceptors (Lipinski definition) is 4. The maximum Gasteiger partial charge on any atom is 0.243 e. The summed E-state index contributed by atoms with van der Waals surface area (Å²) in [5, 5.41) is 17.4. The molecule has 1 aliphatic rings. The lowest BCUT2D eigenvalue weighted by Gasteiger charge is -2.36. The summed E-state index contributed by atoms with van der Waals surface area (Å²) in [6, 6.07) is 8.36. The Labute approximate surface area is 106 Å². The molecule has 1 aromatic carbocycles. The van der Waals surface area contributed by atoms with Gasteiger partial charge >= 0.3 is 0 Å². The smallest absolute Gasteiger partial charge is 0.243 e. The van der Waals surface area contributed by atoms with Crippen molar-refractivity contribution in [2.24, 2.45) is 5.92 Å². The Balaban J connectivity index is 2.14. The van der Waals surface area contributed by atoms with Crippen molar-refractivity contribution >= 4 is 10.0 Å². The van der Waals surface area contributed by atoms with Crippen LogP contribution < -0.4 is 0 Å². The number of rotatable bonds is 4. The molecular formula is C12H14N2O3S. The van der Waals surface area contributed by atoms with Crippen molar-refractivity contribution in [2.75, 3.05) is 19.7 Å². The SMILES string of the molecule is N#CCc1ccc(S(=O)(=O)N2CC(CO)C2)cc1. The van der Waals surface area contributed by atoms with E-state index in [-0.39, 0.29) is 23.8 Å². The van der Waals surface area contributed by atoms with Crippen LogP contribution in [-0.4, -0.2) is 37.5 Å². The molecule has 0 atom stereocenters. The van der Waals surface area contributed by atoms with E-state index in [4.69, 9.17) is 10.4 Å². The van der Waals surface area contributed by atoms with Crippen LogP contribution in [0.15, 0.2) is 29.2 Å². The summed E-state index contributed by atoms with van der Waals surface area (Å²) in [5.74, 6) is 0.0534. The third-order valence-corrected chi connectivity index (χ3v) is 4.87. The summed E-state index contributed by atoms with van der Waals surface area (Å²) in [7, 11) is -3.44. The predicted molar refractivity (Wildman–Crippen MR) is 65.1 cm³/mol. The van der Waals surface area contributed by atoms with Gasteiger partial charge in [0.05, 0.1) is 17.4 Å². The summed E-state index contributed by atoms with van der Waals surface area (Å²) >= 11 is 0. The number of benzene rings is 1. The molecule has 0 saturated carbocycles. The minimum atomic E-state index is -3.44. The molecule has 1 heterocycles. The Kier molecular flexibility index (Phi) is 3.66. The largest absolute Gasteiger partial charge is 0.396 e. The van der Waals surface area contributed by atoms with E-state index in [1.807, 2.05) is 6.07 Å². The van der Waals surface area contributed by atoms with E-state index >= 15 is 0 Å². The minimum Gasteiger partial charge on any atom is -0.396 e. The van der Waals surface area contributed by atoms with Gasteiger partial charge in [0.25, 0.3) is 0 Å². The van der Waals surface area contributed by atoms with Crippen LogP contribution in [0.4, 0.5) is 0 Å². The normalized spacial score (nSPS) is 17.1. The van der Waals surface area contributed by atoms with Crippen molar-refractivity contribution in [2.45, 2.75) is 11.3 Å². The van der Waals surface area contributed by atoms with Crippen LogP contribution >= 0.6 is 0 Å². The molecule has 1 aliphatic heterocycles. The average molecular weight is 266 g/mol. The number of aliphatic hydroxyl groups is 1. The number of nitriles is 1. The molecule has 1 N–H and O–H groups in total. The molecule has 5 nitrogen and oxygen atoms in total. The molecule has 2 rings (SSSR count). The fourth-order valence-corrected chi connectivity index (χ4v) is 3.45. The lowest BCUT2D eigenvalue weighted by molar-refractivity contribution is 0.117. The Hall–Kier alpha value is -1.42. The quantitative estimate of drug-likeness (QED) is 0.853. The molecule has 0 spiro atoms. The van der Waals surface area contributed by atoms with E-state index < -0.39 is 10.0 Å². The Morgan fingerprint density at radius 3 is 2.44 bits per heavy atom. The highest BCUT2D eigenvalue weighted by molar-refractivity contribution is 7.89. The molecule has 0 aliphatic carbocycles. The van der Waals surface area contributed by atoms with Crippen molar-refractivity contribution in [3.8, 4) is 6.07 Å². The first-order chi connectivity index (χ1) is 8.57. The second-order valence-electron chi connectivity index (χ2n) is 4.35. The summed E-state index contributed by atoms with van der Waals surface area (Å²) in [5.41, 5.74) is 0.799. The first-order valence-electron chi connectivity index (χ1n) is 5.65. The molecule has 0 aromatic heterocycles. The lowest BCUT2D eigenvalue weighted by atomic mass is 10.1. The zero-order chi connectivity index (χ0) is 13.2. The fourth-order valence-electron chi connectivity index (χ4n) is 1.85. The molecule has 1 aromatic rings. The first kappa shape index (κ1) is 13.0. The van der Waals surface area contributed by atoms with Crippen molar-refractivity contribution < 1.29 is 13.5 Å². The van der Waals surface area contributed by atoms with Crippen LogP contribution in [0.2, 0.25) is 0 Å². The standard InChI is InChI=1S/C12H14N2O3S/c13-6-5-10-1-3-12(4-2-10)18(16,17)14-7-11(8-14)9-15/h1-4,11,15H,5,7-9H2. The van der Waals surface area contributed by atoms with Gasteiger partial charge in [-0.1, -0.05) is 12.1 Å². The molecule has 1 saturated heterocycles. The molecule has 1 fully saturated rings. The Bertz CT molecular complexity index is 554. The highest BCUT2D eigenvalue weighted by Gasteiger charge is 2.36. The van der Waals surface area contributed by atoms with Crippen LogP contribution in [0, 0.1) is 17.2 Å². The van der Waals surface area contributed by atoms with Crippen molar-refractivity contribution in [1.29, 1.82) is 5.26 Å². The van der Waals surface area contributed by atoms with Crippen LogP contribution in [0.3, 0.4) is 0 Å². The summed E-state index contributed by atoms with van der Waals surface area (Å²) in [6.07, 6.45) is 0.274. The van der Waals surface area contributed by atoms with Crippen molar-refractivity contribution in [3.63, 3.8) is 0 Å². The van der Waals surface area contributed by atoms with Gasteiger partial charge in [0.1, 0.15) is 0 Å². The van der Waals surface area contributed by atoms with Gasteiger partial charge in [0, 0.05) is 25.6 Å². The molecular weight excluding hydrogens is 252 g/mol. The first-order valence-corrected chi connectivity index (χ1v) is 7.09. The number of hydrogen-bond donors (Lipinski definition) is 1. The summed E-state index contributed by atoms with van der Waals surface area (Å²) < 4.78 is 25.6. The Morgan fingerprint density at radius 1 is 1.33 bits per heavy atom. The highest BCUT2D eigenvalue weighted by Crippen LogP contribution is 2.24. The molecule has 6 heteroatoms. The molecule has 96 valence electrons. The van der Waals surface area contributed by atoms with E-state index in [2.05, 4.69) is 0 Å². The average Bonchev–Trinajstić information content (AvgIpc) is 2.28. The van der Waals surface area contributed by atoms with Gasteiger partial charge < -0.3 is 5.11 Å². The zero-order valence-electron chi connectivity index (χ0n) is 9.78. The molecule has 0 bridgehead atoms. The third-order valence-electron chi connectivity index (χ3n) is 3.03. The second kappa shape index (κ2) is 5.06. The number of sulfonamides is 1. The minimum absolute atomic E-state index is 0.0210. The number of nitrogens with zero attached hydrogens (tertiary/aromatic N) is 2. The predicted octanol–water partition coefficient (Wildman–Crippen LogP) is 0.365. The monoisotopic (exact) mass is 266 g/mol. The van der Waals surface area contributed by atoms with Gasteiger partial charge in [0.15, 0.2) is 0 Å². The van der Waals surface area contributed by atoms with Gasteiger partial charge in [-0.3, -0.25) is 0 Å². The van der Waals surface area contributed by atoms with Crippen LogP contribution in [-0.2, 0) is 16.4 Å². The molecule has 0 amide bonds. The van der Waals surface area contributed by atoms with Crippen molar-refractivity contribution in [1.82, 2.24) is 4.31 Å². The molecule has 18 heavy (non-hydrogen) atoms. The fraction of sp³-hybridized carbons (Fsp3) is 0.417. The van der Waals surface area contributed by atoms with E-state index in [9.17, 15) is 8.42 Å². The Morgan fingerprint density at radius 2 is 1.94 bits per heavy atom. The number of aliphatic hydroxyl groups excluding tert-OH is 1. The summed E-state index contributed by atoms with van der Waals surface area (Å²) in [6.45, 7) is 0.769. The summed E-state index contributed by atoms with van der Waals surface area (Å²) in [4.78, 5) is 0.237. The van der Waals surface area contributed by atoms with E-state index in [1.165, 1.54) is 16.4 Å². The zero-order valence-corrected chi connectivity index (χ0v) is 10.6. The van der Waals surface area contributed by atoms with Crippen LogP contribution in [0.25, 0.3) is 0 Å². The maximum atomic E-state index is 12.1. The highest BCUT2D eigenvalue weighted by atomic mass is 32.2. The van der Waals surface area contributed by atoms with Crippen LogP contribution in [0.1, 0.15) is 5.56 Å². The van der Waals surface area contributed by atoms with Crippen LogP contribution in [0.5, 0.6) is 0 Å².